The van der Waals surface area contributed by atoms with Crippen molar-refractivity contribution in [2.24, 2.45) is 0 Å². The number of nitrogens with one attached hydrogen (secondary N) is 1. The number of nitrogens with zero attached hydrogens (tertiary/aromatic N) is 2. The molecule has 4 nitrogen and oxygen atoms in total. The Balaban J connectivity index is 2.15. The summed E-state index contributed by atoms with van der Waals surface area (Å²) >= 11 is 0. The fraction of sp³-hybridized carbons (Fsp3) is 0.375. The van der Waals surface area contributed by atoms with Crippen LogP contribution in [0.25, 0.3) is 11.4 Å². The topological polar surface area (TPSA) is 47.0 Å². The van der Waals surface area contributed by atoms with Gasteiger partial charge in [-0.3, -0.25) is 0 Å². The normalized spacial score (nSPS) is 10.8. The third kappa shape index (κ3) is 3.54. The van der Waals surface area contributed by atoms with Crippen molar-refractivity contribution < 1.29 is 4.74 Å². The number of hydrogen-bond acceptors (Lipinski definition) is 4. The molecule has 0 aliphatic carbocycles. The van der Waals surface area contributed by atoms with Gasteiger partial charge in [0, 0.05) is 36.1 Å². The van der Waals surface area contributed by atoms with Gasteiger partial charge in [-0.15, -0.1) is 0 Å². The molecule has 1 aromatic heterocycles. The van der Waals surface area contributed by atoms with Gasteiger partial charge in [-0.25, -0.2) is 9.97 Å². The first kappa shape index (κ1) is 14.5. The van der Waals surface area contributed by atoms with Gasteiger partial charge in [0.25, 0.3) is 0 Å². The Morgan fingerprint density at radius 2 is 1.90 bits per heavy atom. The minimum absolute atomic E-state index is 0.457. The van der Waals surface area contributed by atoms with Crippen LogP contribution in [0.2, 0.25) is 0 Å². The maximum absolute atomic E-state index is 5.26. The van der Waals surface area contributed by atoms with Crippen molar-refractivity contribution in [2.75, 3.05) is 7.11 Å². The molecule has 20 heavy (non-hydrogen) atoms. The summed E-state index contributed by atoms with van der Waals surface area (Å²) in [5.41, 5.74) is 3.18. The zero-order valence-corrected chi connectivity index (χ0v) is 12.5. The third-order valence-corrected chi connectivity index (χ3v) is 3.07. The Hall–Kier alpha value is -1.94. The fourth-order valence-corrected chi connectivity index (χ4v) is 1.93. The molecule has 1 heterocycles. The van der Waals surface area contributed by atoms with Crippen LogP contribution in [0.15, 0.2) is 30.6 Å². The van der Waals surface area contributed by atoms with E-state index in [0.717, 1.165) is 34.8 Å². The number of aryl methyl sites for hydroxylation is 1. The van der Waals surface area contributed by atoms with E-state index in [1.54, 1.807) is 7.11 Å². The van der Waals surface area contributed by atoms with Crippen molar-refractivity contribution in [3.63, 3.8) is 0 Å². The summed E-state index contributed by atoms with van der Waals surface area (Å²) in [6, 6.07) is 6.43. The molecular weight excluding hydrogens is 250 g/mol. The van der Waals surface area contributed by atoms with Crippen LogP contribution in [0.5, 0.6) is 5.75 Å². The smallest absolute Gasteiger partial charge is 0.159 e. The molecule has 1 N–H and O–H groups in total. The van der Waals surface area contributed by atoms with Crippen molar-refractivity contribution in [1.29, 1.82) is 0 Å². The molecule has 2 aromatic rings. The van der Waals surface area contributed by atoms with E-state index >= 15 is 0 Å². The molecule has 0 aliphatic heterocycles. The monoisotopic (exact) mass is 271 g/mol. The molecule has 0 fully saturated rings. The molecule has 0 bridgehead atoms. The van der Waals surface area contributed by atoms with E-state index in [9.17, 15) is 0 Å². The summed E-state index contributed by atoms with van der Waals surface area (Å²) < 4.78 is 5.26. The highest BCUT2D eigenvalue weighted by Gasteiger charge is 2.05. The van der Waals surface area contributed by atoms with E-state index in [2.05, 4.69) is 29.1 Å². The number of hydrogen-bond donors (Lipinski definition) is 1. The van der Waals surface area contributed by atoms with Crippen LogP contribution in [0.3, 0.4) is 0 Å². The van der Waals surface area contributed by atoms with E-state index in [1.807, 2.05) is 37.5 Å². The van der Waals surface area contributed by atoms with Crippen molar-refractivity contribution in [3.05, 3.63) is 41.7 Å². The van der Waals surface area contributed by atoms with Crippen LogP contribution < -0.4 is 10.1 Å². The van der Waals surface area contributed by atoms with E-state index in [-0.39, 0.29) is 0 Å². The summed E-state index contributed by atoms with van der Waals surface area (Å²) in [6.07, 6.45) is 3.74. The van der Waals surface area contributed by atoms with Gasteiger partial charge < -0.3 is 10.1 Å². The van der Waals surface area contributed by atoms with Gasteiger partial charge in [0.1, 0.15) is 5.75 Å². The highest BCUT2D eigenvalue weighted by molar-refractivity contribution is 5.58. The molecule has 2 rings (SSSR count). The van der Waals surface area contributed by atoms with Crippen molar-refractivity contribution in [1.82, 2.24) is 15.3 Å². The Morgan fingerprint density at radius 1 is 1.20 bits per heavy atom. The number of rotatable bonds is 5. The minimum Gasteiger partial charge on any atom is -0.496 e. The molecule has 1 aromatic carbocycles. The maximum atomic E-state index is 5.26. The molecule has 106 valence electrons. The Labute approximate surface area is 120 Å². The summed E-state index contributed by atoms with van der Waals surface area (Å²) in [5, 5.41) is 3.35. The van der Waals surface area contributed by atoms with Gasteiger partial charge in [0.15, 0.2) is 5.82 Å². The molecule has 0 atom stereocenters. The molecule has 4 heteroatoms. The lowest BCUT2D eigenvalue weighted by molar-refractivity contribution is 0.412. The molecule has 0 spiro atoms. The largest absolute Gasteiger partial charge is 0.496 e. The molecular formula is C16H21N3O. The maximum Gasteiger partial charge on any atom is 0.159 e. The summed E-state index contributed by atoms with van der Waals surface area (Å²) in [7, 11) is 1.68. The van der Waals surface area contributed by atoms with Gasteiger partial charge in [-0.1, -0.05) is 13.8 Å². The highest BCUT2D eigenvalue weighted by Crippen LogP contribution is 2.23. The number of aromatic nitrogens is 2. The Morgan fingerprint density at radius 3 is 2.45 bits per heavy atom. The average Bonchev–Trinajstić information content (AvgIpc) is 2.45. The van der Waals surface area contributed by atoms with E-state index in [0.29, 0.717) is 6.04 Å². The van der Waals surface area contributed by atoms with Gasteiger partial charge in [-0.2, -0.15) is 0 Å². The zero-order chi connectivity index (χ0) is 14.5. The second-order valence-electron chi connectivity index (χ2n) is 5.13. The van der Waals surface area contributed by atoms with Crippen LogP contribution in [0.4, 0.5) is 0 Å². The van der Waals surface area contributed by atoms with Gasteiger partial charge in [-0.05, 0) is 30.7 Å². The lowest BCUT2D eigenvalue weighted by Crippen LogP contribution is -2.21. The first-order chi connectivity index (χ1) is 9.60. The SMILES string of the molecule is COc1ccc(-c2ncc(CNC(C)C)cn2)cc1C. The molecule has 0 unspecified atom stereocenters. The van der Waals surface area contributed by atoms with Crippen LogP contribution >= 0.6 is 0 Å². The first-order valence-electron chi connectivity index (χ1n) is 6.79. The minimum atomic E-state index is 0.457. The van der Waals surface area contributed by atoms with Crippen LogP contribution in [-0.2, 0) is 6.54 Å². The average molecular weight is 271 g/mol. The van der Waals surface area contributed by atoms with Gasteiger partial charge in [0.2, 0.25) is 0 Å². The van der Waals surface area contributed by atoms with Crippen LogP contribution in [0, 0.1) is 6.92 Å². The van der Waals surface area contributed by atoms with Crippen LogP contribution in [0.1, 0.15) is 25.0 Å². The van der Waals surface area contributed by atoms with Crippen molar-refractivity contribution in [3.8, 4) is 17.1 Å². The summed E-state index contributed by atoms with van der Waals surface area (Å²) in [4.78, 5) is 8.86. The molecule has 0 radical (unpaired) electrons. The van der Waals surface area contributed by atoms with Gasteiger partial charge >= 0.3 is 0 Å². The Kier molecular flexibility index (Phi) is 4.69. The fourth-order valence-electron chi connectivity index (χ4n) is 1.93. The zero-order valence-electron chi connectivity index (χ0n) is 12.5. The summed E-state index contributed by atoms with van der Waals surface area (Å²) in [5.74, 6) is 1.62. The van der Waals surface area contributed by atoms with Crippen molar-refractivity contribution >= 4 is 0 Å². The third-order valence-electron chi connectivity index (χ3n) is 3.07. The predicted molar refractivity (Wildman–Crippen MR) is 80.7 cm³/mol. The molecule has 0 amide bonds. The second-order valence-corrected chi connectivity index (χ2v) is 5.13. The highest BCUT2D eigenvalue weighted by atomic mass is 16.5. The van der Waals surface area contributed by atoms with Crippen molar-refractivity contribution in [2.45, 2.75) is 33.4 Å². The van der Waals surface area contributed by atoms with E-state index in [1.165, 1.54) is 0 Å². The molecule has 0 saturated carbocycles. The number of ether oxygens (including phenoxy) is 1. The lowest BCUT2D eigenvalue weighted by Gasteiger charge is -2.09. The quantitative estimate of drug-likeness (QED) is 0.908. The molecule has 0 saturated heterocycles. The number of methoxy groups -OCH3 is 1. The predicted octanol–water partition coefficient (Wildman–Crippen LogP) is 2.96. The first-order valence-corrected chi connectivity index (χ1v) is 6.79. The Bertz CT molecular complexity index is 564. The van der Waals surface area contributed by atoms with E-state index < -0.39 is 0 Å². The molecule has 0 aliphatic rings. The second kappa shape index (κ2) is 6.48. The summed E-state index contributed by atoms with van der Waals surface area (Å²) in [6.45, 7) is 7.05. The van der Waals surface area contributed by atoms with E-state index in [4.69, 9.17) is 4.74 Å². The van der Waals surface area contributed by atoms with Gasteiger partial charge in [0.05, 0.1) is 7.11 Å². The van der Waals surface area contributed by atoms with Crippen LogP contribution in [-0.4, -0.2) is 23.1 Å². The standard InChI is InChI=1S/C16H21N3O/c1-11(2)17-8-13-9-18-16(19-10-13)14-5-6-15(20-4)12(3)7-14/h5-7,9-11,17H,8H2,1-4H3. The number of benzene rings is 1. The lowest BCUT2D eigenvalue weighted by atomic mass is 10.1.